The number of rotatable bonds is 2. The molecule has 4 heteroatoms. The quantitative estimate of drug-likeness (QED) is 0.543. The van der Waals surface area contributed by atoms with Crippen LogP contribution in [0.2, 0.25) is 0 Å². The highest BCUT2D eigenvalue weighted by molar-refractivity contribution is 7.15. The molecule has 2 aromatic heterocycles. The minimum absolute atomic E-state index is 0.362. The Kier molecular flexibility index (Phi) is 2.95. The Morgan fingerprint density at radius 3 is 2.82 bits per heavy atom. The van der Waals surface area contributed by atoms with E-state index >= 15 is 0 Å². The fourth-order valence-electron chi connectivity index (χ4n) is 2.87. The van der Waals surface area contributed by atoms with Gasteiger partial charge in [0.05, 0.1) is 23.9 Å². The normalized spacial score (nSPS) is 11.1. The maximum Gasteiger partial charge on any atom is 0.194 e. The predicted molar refractivity (Wildman–Crippen MR) is 90.1 cm³/mol. The standard InChI is InChI=1S/C18H13N3S/c1-12-11-22-18-20-17(16(8-9-19)21(12)18)15-7-6-13-4-2-3-5-14(13)10-15/h2-7,10-11H,8H2,1H3. The second-order valence-electron chi connectivity index (χ2n) is 5.30. The number of nitrogens with zero attached hydrogens (tertiary/aromatic N) is 3. The maximum atomic E-state index is 9.18. The third kappa shape index (κ3) is 1.91. The zero-order valence-electron chi connectivity index (χ0n) is 12.1. The van der Waals surface area contributed by atoms with Crippen molar-refractivity contribution in [1.82, 2.24) is 9.38 Å². The van der Waals surface area contributed by atoms with Gasteiger partial charge in [0.15, 0.2) is 4.96 Å². The third-order valence-corrected chi connectivity index (χ3v) is 4.84. The van der Waals surface area contributed by atoms with E-state index in [1.807, 2.05) is 12.1 Å². The molecule has 2 heterocycles. The summed E-state index contributed by atoms with van der Waals surface area (Å²) in [4.78, 5) is 5.71. The van der Waals surface area contributed by atoms with Crippen LogP contribution in [-0.4, -0.2) is 9.38 Å². The lowest BCUT2D eigenvalue weighted by Crippen LogP contribution is -1.94. The Morgan fingerprint density at radius 1 is 1.18 bits per heavy atom. The van der Waals surface area contributed by atoms with Crippen molar-refractivity contribution in [1.29, 1.82) is 5.26 Å². The van der Waals surface area contributed by atoms with E-state index in [9.17, 15) is 5.26 Å². The van der Waals surface area contributed by atoms with Crippen molar-refractivity contribution < 1.29 is 0 Å². The second-order valence-corrected chi connectivity index (χ2v) is 6.14. The van der Waals surface area contributed by atoms with Gasteiger partial charge in [-0.2, -0.15) is 5.26 Å². The summed E-state index contributed by atoms with van der Waals surface area (Å²) in [6.07, 6.45) is 0.362. The number of hydrogen-bond donors (Lipinski definition) is 0. The summed E-state index contributed by atoms with van der Waals surface area (Å²) in [7, 11) is 0. The van der Waals surface area contributed by atoms with Crippen LogP contribution in [0.15, 0.2) is 47.8 Å². The molecule has 0 aliphatic rings. The molecule has 4 rings (SSSR count). The number of fused-ring (bicyclic) bond motifs is 2. The van der Waals surface area contributed by atoms with Crippen LogP contribution in [-0.2, 0) is 6.42 Å². The molecule has 0 atom stereocenters. The van der Waals surface area contributed by atoms with Crippen LogP contribution in [0.5, 0.6) is 0 Å². The molecule has 0 unspecified atom stereocenters. The molecule has 0 N–H and O–H groups in total. The van der Waals surface area contributed by atoms with Gasteiger partial charge in [0.2, 0.25) is 0 Å². The molecule has 22 heavy (non-hydrogen) atoms. The monoisotopic (exact) mass is 303 g/mol. The number of imidazole rings is 1. The van der Waals surface area contributed by atoms with Crippen molar-refractivity contribution in [3.8, 4) is 17.3 Å². The smallest absolute Gasteiger partial charge is 0.194 e. The van der Waals surface area contributed by atoms with E-state index < -0.39 is 0 Å². The molecule has 4 aromatic rings. The summed E-state index contributed by atoms with van der Waals surface area (Å²) in [5, 5.41) is 13.7. The van der Waals surface area contributed by atoms with E-state index in [1.54, 1.807) is 11.3 Å². The first-order valence-electron chi connectivity index (χ1n) is 7.09. The van der Waals surface area contributed by atoms with Gasteiger partial charge < -0.3 is 0 Å². The fraction of sp³-hybridized carbons (Fsp3) is 0.111. The van der Waals surface area contributed by atoms with Crippen molar-refractivity contribution in [2.75, 3.05) is 0 Å². The van der Waals surface area contributed by atoms with E-state index in [2.05, 4.69) is 53.1 Å². The summed E-state index contributed by atoms with van der Waals surface area (Å²) in [5.74, 6) is 0. The van der Waals surface area contributed by atoms with Crippen molar-refractivity contribution >= 4 is 27.1 Å². The molecule has 0 saturated carbocycles. The number of thiazole rings is 1. The summed E-state index contributed by atoms with van der Waals surface area (Å²) < 4.78 is 2.10. The Bertz CT molecular complexity index is 1030. The maximum absolute atomic E-state index is 9.18. The number of aromatic nitrogens is 2. The Labute approximate surface area is 132 Å². The van der Waals surface area contributed by atoms with Crippen LogP contribution in [0.4, 0.5) is 0 Å². The van der Waals surface area contributed by atoms with E-state index in [-0.39, 0.29) is 0 Å². The van der Waals surface area contributed by atoms with Crippen LogP contribution >= 0.6 is 11.3 Å². The molecule has 2 aromatic carbocycles. The highest BCUT2D eigenvalue weighted by atomic mass is 32.1. The lowest BCUT2D eigenvalue weighted by atomic mass is 10.0. The van der Waals surface area contributed by atoms with Gasteiger partial charge in [-0.15, -0.1) is 11.3 Å². The summed E-state index contributed by atoms with van der Waals surface area (Å²) in [6, 6.07) is 16.9. The molecule has 106 valence electrons. The molecule has 0 radical (unpaired) electrons. The molecule has 0 saturated heterocycles. The lowest BCUT2D eigenvalue weighted by molar-refractivity contribution is 1.03. The van der Waals surface area contributed by atoms with Crippen molar-refractivity contribution in [3.05, 3.63) is 59.2 Å². The SMILES string of the molecule is Cc1csc2nc(-c3ccc4ccccc4c3)c(CC#N)n12. The summed E-state index contributed by atoms with van der Waals surface area (Å²) in [6.45, 7) is 2.05. The van der Waals surface area contributed by atoms with Gasteiger partial charge >= 0.3 is 0 Å². The van der Waals surface area contributed by atoms with Crippen LogP contribution in [0.3, 0.4) is 0 Å². The number of nitriles is 1. The molecule has 3 nitrogen and oxygen atoms in total. The highest BCUT2D eigenvalue weighted by Crippen LogP contribution is 2.30. The van der Waals surface area contributed by atoms with Crippen molar-refractivity contribution in [3.63, 3.8) is 0 Å². The van der Waals surface area contributed by atoms with Gasteiger partial charge in [0.1, 0.15) is 0 Å². The Hall–Kier alpha value is -2.64. The average Bonchev–Trinajstić information content (AvgIpc) is 3.08. The van der Waals surface area contributed by atoms with E-state index in [0.29, 0.717) is 6.42 Å². The number of aryl methyl sites for hydroxylation is 1. The van der Waals surface area contributed by atoms with Crippen LogP contribution in [0.25, 0.3) is 27.0 Å². The third-order valence-electron chi connectivity index (χ3n) is 3.90. The predicted octanol–water partition coefficient (Wildman–Crippen LogP) is 4.59. The minimum Gasteiger partial charge on any atom is -0.290 e. The highest BCUT2D eigenvalue weighted by Gasteiger charge is 2.16. The van der Waals surface area contributed by atoms with E-state index in [1.165, 1.54) is 10.8 Å². The van der Waals surface area contributed by atoms with Crippen LogP contribution < -0.4 is 0 Å². The summed E-state index contributed by atoms with van der Waals surface area (Å²) >= 11 is 1.62. The van der Waals surface area contributed by atoms with Crippen molar-refractivity contribution in [2.45, 2.75) is 13.3 Å². The average molecular weight is 303 g/mol. The van der Waals surface area contributed by atoms with Gasteiger partial charge in [0, 0.05) is 16.6 Å². The lowest BCUT2D eigenvalue weighted by Gasteiger charge is -2.04. The molecule has 0 fully saturated rings. The van der Waals surface area contributed by atoms with Gasteiger partial charge in [-0.3, -0.25) is 4.40 Å². The molecule has 0 bridgehead atoms. The first kappa shape index (κ1) is 13.1. The second kappa shape index (κ2) is 4.97. The van der Waals surface area contributed by atoms with Gasteiger partial charge in [-0.25, -0.2) is 4.98 Å². The molecule has 0 spiro atoms. The van der Waals surface area contributed by atoms with Crippen LogP contribution in [0, 0.1) is 18.3 Å². The van der Waals surface area contributed by atoms with Gasteiger partial charge in [-0.1, -0.05) is 36.4 Å². The van der Waals surface area contributed by atoms with E-state index in [4.69, 9.17) is 4.98 Å². The zero-order chi connectivity index (χ0) is 15.1. The zero-order valence-corrected chi connectivity index (χ0v) is 12.9. The van der Waals surface area contributed by atoms with Crippen molar-refractivity contribution in [2.24, 2.45) is 0 Å². The molecular formula is C18H13N3S. The molecule has 0 amide bonds. The number of hydrogen-bond acceptors (Lipinski definition) is 3. The Balaban J connectivity index is 1.99. The first-order chi connectivity index (χ1) is 10.8. The minimum atomic E-state index is 0.362. The van der Waals surface area contributed by atoms with E-state index in [0.717, 1.165) is 27.6 Å². The molecular weight excluding hydrogens is 290 g/mol. The summed E-state index contributed by atoms with van der Waals surface area (Å²) in [5.41, 5.74) is 4.10. The number of benzene rings is 2. The largest absolute Gasteiger partial charge is 0.290 e. The Morgan fingerprint density at radius 2 is 2.00 bits per heavy atom. The van der Waals surface area contributed by atoms with Crippen LogP contribution in [0.1, 0.15) is 11.4 Å². The van der Waals surface area contributed by atoms with Gasteiger partial charge in [0.25, 0.3) is 0 Å². The van der Waals surface area contributed by atoms with Gasteiger partial charge in [-0.05, 0) is 23.8 Å². The fourth-order valence-corrected chi connectivity index (χ4v) is 3.76. The molecule has 0 aliphatic heterocycles. The topological polar surface area (TPSA) is 41.1 Å². The molecule has 0 aliphatic carbocycles. The first-order valence-corrected chi connectivity index (χ1v) is 7.97.